The van der Waals surface area contributed by atoms with Gasteiger partial charge in [-0.2, -0.15) is 0 Å². The zero-order chi connectivity index (χ0) is 14.8. The van der Waals surface area contributed by atoms with E-state index in [-0.39, 0.29) is 0 Å². The molecule has 1 saturated heterocycles. The Bertz CT molecular complexity index is 449. The summed E-state index contributed by atoms with van der Waals surface area (Å²) in [6, 6.07) is 10.3. The van der Waals surface area contributed by atoms with Crippen LogP contribution in [0.25, 0.3) is 0 Å². The molecule has 0 aliphatic carbocycles. The van der Waals surface area contributed by atoms with Crippen molar-refractivity contribution in [2.45, 2.75) is 55.8 Å². The molecule has 0 bridgehead atoms. The fraction of sp³-hybridized carbons (Fsp3) is 0.667. The summed E-state index contributed by atoms with van der Waals surface area (Å²) in [5.41, 5.74) is 1.55. The maximum absolute atomic E-state index is 3.72. The first-order valence-electron chi connectivity index (χ1n) is 8.34. The van der Waals surface area contributed by atoms with Crippen LogP contribution in [0.3, 0.4) is 0 Å². The molecule has 3 rings (SSSR count). The maximum atomic E-state index is 3.72. The van der Waals surface area contributed by atoms with E-state index in [0.717, 1.165) is 17.7 Å². The Kier molecular flexibility index (Phi) is 4.92. The number of fused-ring (bicyclic) bond motifs is 1. The molecule has 2 aliphatic heterocycles. The van der Waals surface area contributed by atoms with Gasteiger partial charge >= 0.3 is 0 Å². The molecule has 0 spiro atoms. The van der Waals surface area contributed by atoms with Gasteiger partial charge in [0.2, 0.25) is 0 Å². The maximum Gasteiger partial charge on any atom is 0.0263 e. The zero-order valence-electron chi connectivity index (χ0n) is 13.5. The van der Waals surface area contributed by atoms with Crippen molar-refractivity contribution in [2.24, 2.45) is 5.92 Å². The smallest absolute Gasteiger partial charge is 0.0263 e. The average molecular weight is 305 g/mol. The van der Waals surface area contributed by atoms with Gasteiger partial charge in [0.25, 0.3) is 0 Å². The van der Waals surface area contributed by atoms with Crippen LogP contribution in [0.15, 0.2) is 29.2 Å². The summed E-state index contributed by atoms with van der Waals surface area (Å²) >= 11 is 2.08. The van der Waals surface area contributed by atoms with Crippen LogP contribution < -0.4 is 5.32 Å². The summed E-state index contributed by atoms with van der Waals surface area (Å²) in [5, 5.41) is 4.46. The van der Waals surface area contributed by atoms with E-state index in [1.807, 2.05) is 0 Å². The number of piperazine rings is 1. The van der Waals surface area contributed by atoms with Crippen molar-refractivity contribution in [1.29, 1.82) is 0 Å². The third kappa shape index (κ3) is 3.82. The van der Waals surface area contributed by atoms with Crippen molar-refractivity contribution in [2.75, 3.05) is 19.6 Å². The van der Waals surface area contributed by atoms with Crippen LogP contribution in [-0.2, 0) is 6.42 Å². The minimum Gasteiger partial charge on any atom is -0.311 e. The van der Waals surface area contributed by atoms with E-state index in [1.54, 1.807) is 5.56 Å². The number of rotatable bonds is 4. The van der Waals surface area contributed by atoms with E-state index in [9.17, 15) is 0 Å². The van der Waals surface area contributed by atoms with Crippen LogP contribution in [0, 0.1) is 5.92 Å². The molecule has 2 aliphatic rings. The van der Waals surface area contributed by atoms with Crippen molar-refractivity contribution >= 4 is 11.8 Å². The van der Waals surface area contributed by atoms with Gasteiger partial charge < -0.3 is 5.32 Å². The highest BCUT2D eigenvalue weighted by Crippen LogP contribution is 2.37. The van der Waals surface area contributed by atoms with E-state index in [0.29, 0.717) is 12.1 Å². The molecule has 3 atom stereocenters. The summed E-state index contributed by atoms with van der Waals surface area (Å²) in [6.07, 6.45) is 2.54. The monoisotopic (exact) mass is 304 g/mol. The molecule has 1 aromatic carbocycles. The van der Waals surface area contributed by atoms with E-state index in [4.69, 9.17) is 0 Å². The first kappa shape index (κ1) is 15.4. The van der Waals surface area contributed by atoms with Crippen molar-refractivity contribution in [3.05, 3.63) is 29.8 Å². The molecule has 0 aromatic heterocycles. The van der Waals surface area contributed by atoms with Gasteiger partial charge in [-0.1, -0.05) is 32.0 Å². The first-order chi connectivity index (χ1) is 10.1. The Morgan fingerprint density at radius 1 is 1.33 bits per heavy atom. The molecule has 2 nitrogen and oxygen atoms in total. The molecule has 1 fully saturated rings. The summed E-state index contributed by atoms with van der Waals surface area (Å²) in [4.78, 5) is 4.22. The van der Waals surface area contributed by atoms with Crippen molar-refractivity contribution in [3.63, 3.8) is 0 Å². The molecular weight excluding hydrogens is 276 g/mol. The summed E-state index contributed by atoms with van der Waals surface area (Å²) in [6.45, 7) is 10.6. The normalized spacial score (nSPS) is 29.8. The zero-order valence-corrected chi connectivity index (χ0v) is 14.3. The van der Waals surface area contributed by atoms with Gasteiger partial charge in [-0.25, -0.2) is 0 Å². The highest BCUT2D eigenvalue weighted by molar-refractivity contribution is 8.00. The number of benzene rings is 1. The number of hydrogen-bond donors (Lipinski definition) is 1. The Balaban J connectivity index is 1.57. The van der Waals surface area contributed by atoms with Crippen LogP contribution in [0.5, 0.6) is 0 Å². The number of nitrogens with zero attached hydrogens (tertiary/aromatic N) is 1. The van der Waals surface area contributed by atoms with Crippen LogP contribution in [0.1, 0.15) is 32.8 Å². The Morgan fingerprint density at radius 3 is 2.90 bits per heavy atom. The number of nitrogens with one attached hydrogen (secondary N) is 1. The molecule has 2 heterocycles. The largest absolute Gasteiger partial charge is 0.311 e. The lowest BCUT2D eigenvalue weighted by Crippen LogP contribution is -2.56. The van der Waals surface area contributed by atoms with Gasteiger partial charge in [0.1, 0.15) is 0 Å². The molecule has 3 heteroatoms. The van der Waals surface area contributed by atoms with Crippen LogP contribution in [0.2, 0.25) is 0 Å². The third-order valence-electron chi connectivity index (χ3n) is 4.69. The lowest BCUT2D eigenvalue weighted by Gasteiger charge is -2.40. The summed E-state index contributed by atoms with van der Waals surface area (Å²) < 4.78 is 0. The van der Waals surface area contributed by atoms with Crippen molar-refractivity contribution in [3.8, 4) is 0 Å². The minimum absolute atomic E-state index is 0.665. The number of hydrogen-bond acceptors (Lipinski definition) is 3. The molecule has 1 aromatic rings. The molecule has 3 unspecified atom stereocenters. The summed E-state index contributed by atoms with van der Waals surface area (Å²) in [5.74, 6) is 0.780. The third-order valence-corrected chi connectivity index (χ3v) is 5.99. The molecule has 0 radical (unpaired) electrons. The molecule has 21 heavy (non-hydrogen) atoms. The summed E-state index contributed by atoms with van der Waals surface area (Å²) in [7, 11) is 0. The molecule has 1 N–H and O–H groups in total. The second-order valence-electron chi connectivity index (χ2n) is 7.09. The topological polar surface area (TPSA) is 15.3 Å². The van der Waals surface area contributed by atoms with Crippen LogP contribution >= 0.6 is 11.8 Å². The standard InChI is InChI=1S/C18H28N2S/c1-13(2)8-16-11-20(14(3)10-19-16)12-17-9-15-6-4-5-7-18(15)21-17/h4-7,13-14,16-17,19H,8-12H2,1-3H3. The SMILES string of the molecule is CC(C)CC1CN(CC2Cc3ccccc3S2)C(C)CN1. The molecular formula is C18H28N2S. The van der Waals surface area contributed by atoms with E-state index in [1.165, 1.54) is 30.8 Å². The van der Waals surface area contributed by atoms with Gasteiger partial charge in [-0.05, 0) is 37.3 Å². The predicted molar refractivity (Wildman–Crippen MR) is 92.1 cm³/mol. The van der Waals surface area contributed by atoms with Crippen LogP contribution in [0.4, 0.5) is 0 Å². The van der Waals surface area contributed by atoms with Gasteiger partial charge in [-0.15, -0.1) is 11.8 Å². The van der Waals surface area contributed by atoms with Gasteiger partial charge in [0, 0.05) is 41.9 Å². The molecule has 116 valence electrons. The van der Waals surface area contributed by atoms with Crippen molar-refractivity contribution in [1.82, 2.24) is 10.2 Å². The average Bonchev–Trinajstić information content (AvgIpc) is 2.84. The predicted octanol–water partition coefficient (Wildman–Crippen LogP) is 3.41. The fourth-order valence-electron chi connectivity index (χ4n) is 3.59. The number of thioether (sulfide) groups is 1. The quantitative estimate of drug-likeness (QED) is 0.917. The van der Waals surface area contributed by atoms with Gasteiger partial charge in [-0.3, -0.25) is 4.90 Å². The highest BCUT2D eigenvalue weighted by Gasteiger charge is 2.30. The second-order valence-corrected chi connectivity index (χ2v) is 8.43. The van der Waals surface area contributed by atoms with Gasteiger partial charge in [0.15, 0.2) is 0 Å². The lowest BCUT2D eigenvalue weighted by atomic mass is 9.99. The lowest BCUT2D eigenvalue weighted by molar-refractivity contribution is 0.133. The van der Waals surface area contributed by atoms with E-state index < -0.39 is 0 Å². The van der Waals surface area contributed by atoms with Crippen molar-refractivity contribution < 1.29 is 0 Å². The van der Waals surface area contributed by atoms with E-state index in [2.05, 4.69) is 67.0 Å². The van der Waals surface area contributed by atoms with Crippen LogP contribution in [-0.4, -0.2) is 41.9 Å². The highest BCUT2D eigenvalue weighted by atomic mass is 32.2. The minimum atomic E-state index is 0.665. The first-order valence-corrected chi connectivity index (χ1v) is 9.21. The van der Waals surface area contributed by atoms with E-state index >= 15 is 0 Å². The Labute approximate surface area is 133 Å². The van der Waals surface area contributed by atoms with Gasteiger partial charge in [0.05, 0.1) is 0 Å². The molecule has 0 amide bonds. The Hall–Kier alpha value is -0.510. The Morgan fingerprint density at radius 2 is 2.14 bits per heavy atom. The molecule has 0 saturated carbocycles. The fourth-order valence-corrected chi connectivity index (χ4v) is 4.94. The second kappa shape index (κ2) is 6.72.